The van der Waals surface area contributed by atoms with Gasteiger partial charge < -0.3 is 5.32 Å². The van der Waals surface area contributed by atoms with Gasteiger partial charge in [0.1, 0.15) is 0 Å². The summed E-state index contributed by atoms with van der Waals surface area (Å²) in [7, 11) is 0. The van der Waals surface area contributed by atoms with E-state index in [9.17, 15) is 0 Å². The Labute approximate surface area is 124 Å². The van der Waals surface area contributed by atoms with Gasteiger partial charge in [-0.25, -0.2) is 0 Å². The first-order valence-corrected chi connectivity index (χ1v) is 8.19. The maximum atomic E-state index is 6.07. The number of nitrogens with one attached hydrogen (secondary N) is 1. The molecule has 100 valence electrons. The molecule has 1 N–H and O–H groups in total. The Hall–Kier alpha value is 0.110. The van der Waals surface area contributed by atoms with Crippen molar-refractivity contribution in [2.24, 2.45) is 0 Å². The van der Waals surface area contributed by atoms with Crippen LogP contribution in [0.15, 0.2) is 23.1 Å². The number of thioether (sulfide) groups is 1. The summed E-state index contributed by atoms with van der Waals surface area (Å²) in [5.41, 5.74) is 0. The number of hydrogen-bond donors (Lipinski definition) is 1. The van der Waals surface area contributed by atoms with Crippen molar-refractivity contribution in [3.8, 4) is 0 Å². The minimum Gasteiger partial charge on any atom is -0.313 e. The highest BCUT2D eigenvalue weighted by Crippen LogP contribution is 2.36. The molecule has 4 heteroatoms. The van der Waals surface area contributed by atoms with Crippen molar-refractivity contribution in [2.75, 3.05) is 6.54 Å². The molecule has 0 bridgehead atoms. The topological polar surface area (TPSA) is 12.0 Å². The van der Waals surface area contributed by atoms with Crippen molar-refractivity contribution in [3.05, 3.63) is 28.2 Å². The highest BCUT2D eigenvalue weighted by molar-refractivity contribution is 8.00. The fraction of sp³-hybridized carbons (Fsp3) is 0.571. The smallest absolute Gasteiger partial charge is 0.0603 e. The van der Waals surface area contributed by atoms with Gasteiger partial charge in [-0.05, 0) is 37.6 Å². The predicted molar refractivity (Wildman–Crippen MR) is 82.0 cm³/mol. The molecule has 1 saturated carbocycles. The SMILES string of the molecule is CCNC1CCCCC1Sc1ccc(Cl)c(Cl)c1. The molecule has 0 radical (unpaired) electrons. The lowest BCUT2D eigenvalue weighted by atomic mass is 9.95. The molecule has 1 fully saturated rings. The average Bonchev–Trinajstić information content (AvgIpc) is 2.37. The van der Waals surface area contributed by atoms with Crippen molar-refractivity contribution in [1.82, 2.24) is 5.32 Å². The second kappa shape index (κ2) is 7.04. The minimum atomic E-state index is 0.628. The zero-order valence-corrected chi connectivity index (χ0v) is 12.9. The normalized spacial score (nSPS) is 24.2. The summed E-state index contributed by atoms with van der Waals surface area (Å²) in [6.07, 6.45) is 5.24. The van der Waals surface area contributed by atoms with Gasteiger partial charge in [-0.3, -0.25) is 0 Å². The van der Waals surface area contributed by atoms with E-state index in [1.165, 1.54) is 30.6 Å². The van der Waals surface area contributed by atoms with Gasteiger partial charge >= 0.3 is 0 Å². The standard InChI is InChI=1S/C14H19Cl2NS/c1-2-17-13-5-3-4-6-14(13)18-10-7-8-11(15)12(16)9-10/h7-9,13-14,17H,2-6H2,1H3. The summed E-state index contributed by atoms with van der Waals surface area (Å²) in [5, 5.41) is 5.53. The number of halogens is 2. The first-order chi connectivity index (χ1) is 8.70. The number of benzene rings is 1. The van der Waals surface area contributed by atoms with E-state index in [4.69, 9.17) is 23.2 Å². The fourth-order valence-electron chi connectivity index (χ4n) is 2.46. The van der Waals surface area contributed by atoms with Crippen molar-refractivity contribution in [1.29, 1.82) is 0 Å². The largest absolute Gasteiger partial charge is 0.313 e. The molecule has 2 rings (SSSR count). The van der Waals surface area contributed by atoms with Crippen molar-refractivity contribution < 1.29 is 0 Å². The molecule has 1 aromatic rings. The van der Waals surface area contributed by atoms with Crippen molar-refractivity contribution >= 4 is 35.0 Å². The molecule has 1 aromatic carbocycles. The Kier molecular flexibility index (Phi) is 5.68. The monoisotopic (exact) mass is 303 g/mol. The molecular formula is C14H19Cl2NS. The molecule has 0 heterocycles. The predicted octanol–water partition coefficient (Wildman–Crippen LogP) is 5.01. The van der Waals surface area contributed by atoms with E-state index in [1.807, 2.05) is 23.9 Å². The Bertz CT molecular complexity index is 395. The maximum absolute atomic E-state index is 6.07. The Morgan fingerprint density at radius 1 is 1.22 bits per heavy atom. The van der Waals surface area contributed by atoms with Gasteiger partial charge in [0, 0.05) is 16.2 Å². The molecule has 1 aliphatic rings. The molecule has 0 amide bonds. The van der Waals surface area contributed by atoms with E-state index in [-0.39, 0.29) is 0 Å². The van der Waals surface area contributed by atoms with Crippen LogP contribution in [0.1, 0.15) is 32.6 Å². The molecule has 2 atom stereocenters. The van der Waals surface area contributed by atoms with Crippen LogP contribution in [-0.4, -0.2) is 17.8 Å². The lowest BCUT2D eigenvalue weighted by Crippen LogP contribution is -2.40. The number of rotatable bonds is 4. The van der Waals surface area contributed by atoms with Gasteiger partial charge in [0.2, 0.25) is 0 Å². The summed E-state index contributed by atoms with van der Waals surface area (Å²) in [6, 6.07) is 6.56. The Balaban J connectivity index is 2.03. The van der Waals surface area contributed by atoms with E-state index >= 15 is 0 Å². The van der Waals surface area contributed by atoms with E-state index in [2.05, 4.69) is 18.3 Å². The first kappa shape index (κ1) is 14.5. The lowest BCUT2D eigenvalue weighted by molar-refractivity contribution is 0.391. The van der Waals surface area contributed by atoms with Crippen LogP contribution < -0.4 is 5.32 Å². The fourth-order valence-corrected chi connectivity index (χ4v) is 4.18. The van der Waals surface area contributed by atoms with Crippen molar-refractivity contribution in [3.63, 3.8) is 0 Å². The van der Waals surface area contributed by atoms with Crippen LogP contribution in [0.4, 0.5) is 0 Å². The molecule has 0 aromatic heterocycles. The van der Waals surface area contributed by atoms with Gasteiger partial charge in [-0.1, -0.05) is 43.0 Å². The highest BCUT2D eigenvalue weighted by Gasteiger charge is 2.25. The van der Waals surface area contributed by atoms with Crippen LogP contribution in [0, 0.1) is 0 Å². The quantitative estimate of drug-likeness (QED) is 0.839. The maximum Gasteiger partial charge on any atom is 0.0603 e. The van der Waals surface area contributed by atoms with Crippen LogP contribution in [0.25, 0.3) is 0 Å². The Morgan fingerprint density at radius 3 is 2.72 bits per heavy atom. The molecule has 18 heavy (non-hydrogen) atoms. The van der Waals surface area contributed by atoms with Crippen LogP contribution >= 0.6 is 35.0 Å². The average molecular weight is 304 g/mol. The van der Waals surface area contributed by atoms with Gasteiger partial charge in [-0.15, -0.1) is 11.8 Å². The van der Waals surface area contributed by atoms with E-state index in [0.29, 0.717) is 21.3 Å². The summed E-state index contributed by atoms with van der Waals surface area (Å²) in [5.74, 6) is 0. The zero-order valence-electron chi connectivity index (χ0n) is 10.6. The molecule has 0 spiro atoms. The summed E-state index contributed by atoms with van der Waals surface area (Å²) < 4.78 is 0. The van der Waals surface area contributed by atoms with Gasteiger partial charge in [0.15, 0.2) is 0 Å². The van der Waals surface area contributed by atoms with Crippen molar-refractivity contribution in [2.45, 2.75) is 48.8 Å². The third kappa shape index (κ3) is 3.80. The van der Waals surface area contributed by atoms with Gasteiger partial charge in [-0.2, -0.15) is 0 Å². The van der Waals surface area contributed by atoms with Crippen LogP contribution in [0.5, 0.6) is 0 Å². The minimum absolute atomic E-state index is 0.628. The third-order valence-corrected chi connectivity index (χ3v) is 5.48. The summed E-state index contributed by atoms with van der Waals surface area (Å²) >= 11 is 13.9. The molecule has 1 aliphatic carbocycles. The Morgan fingerprint density at radius 2 is 2.00 bits per heavy atom. The highest BCUT2D eigenvalue weighted by atomic mass is 35.5. The molecule has 0 saturated heterocycles. The van der Waals surface area contributed by atoms with E-state index in [0.717, 1.165) is 6.54 Å². The molecule has 0 aliphatic heterocycles. The summed E-state index contributed by atoms with van der Waals surface area (Å²) in [6.45, 7) is 3.22. The molecule has 2 unspecified atom stereocenters. The first-order valence-electron chi connectivity index (χ1n) is 6.55. The van der Waals surface area contributed by atoms with Gasteiger partial charge in [0.25, 0.3) is 0 Å². The molecular weight excluding hydrogens is 285 g/mol. The lowest BCUT2D eigenvalue weighted by Gasteiger charge is -2.31. The van der Waals surface area contributed by atoms with E-state index < -0.39 is 0 Å². The van der Waals surface area contributed by atoms with Crippen LogP contribution in [-0.2, 0) is 0 Å². The molecule has 1 nitrogen and oxygen atoms in total. The van der Waals surface area contributed by atoms with Crippen LogP contribution in [0.3, 0.4) is 0 Å². The second-order valence-electron chi connectivity index (χ2n) is 4.68. The van der Waals surface area contributed by atoms with Crippen LogP contribution in [0.2, 0.25) is 10.0 Å². The van der Waals surface area contributed by atoms with Gasteiger partial charge in [0.05, 0.1) is 10.0 Å². The zero-order chi connectivity index (χ0) is 13.0. The summed E-state index contributed by atoms with van der Waals surface area (Å²) in [4.78, 5) is 1.22. The number of hydrogen-bond acceptors (Lipinski definition) is 2. The third-order valence-electron chi connectivity index (χ3n) is 3.35. The van der Waals surface area contributed by atoms with E-state index in [1.54, 1.807) is 0 Å². The second-order valence-corrected chi connectivity index (χ2v) is 6.81.